The number of thioether (sulfide) groups is 1. The zero-order valence-corrected chi connectivity index (χ0v) is 10.6. The van der Waals surface area contributed by atoms with Crippen LogP contribution in [0, 0.1) is 0 Å². The average Bonchev–Trinajstić information content (AvgIpc) is 2.31. The number of nitrogens with one attached hydrogen (secondary N) is 1. The van der Waals surface area contributed by atoms with E-state index in [-0.39, 0.29) is 0 Å². The van der Waals surface area contributed by atoms with E-state index in [1.165, 1.54) is 23.3 Å². The molecule has 16 heavy (non-hydrogen) atoms. The third kappa shape index (κ3) is 3.51. The van der Waals surface area contributed by atoms with Gasteiger partial charge in [0.1, 0.15) is 0 Å². The lowest BCUT2D eigenvalue weighted by Crippen LogP contribution is -2.17. The molecule has 1 fully saturated rings. The molecule has 0 aliphatic carbocycles. The first kappa shape index (κ1) is 12.0. The Hall–Kier alpha value is -0.510. The second-order valence-electron chi connectivity index (χ2n) is 4.11. The molecule has 0 unspecified atom stereocenters. The molecular weight excluding hydrogens is 218 g/mol. The molecule has 1 N–H and O–H groups in total. The Balaban J connectivity index is 1.94. The van der Waals surface area contributed by atoms with Crippen LogP contribution in [0.4, 0.5) is 0 Å². The highest BCUT2D eigenvalue weighted by Crippen LogP contribution is 2.29. The van der Waals surface area contributed by atoms with Gasteiger partial charge in [0.2, 0.25) is 0 Å². The maximum atomic E-state index is 5.38. The van der Waals surface area contributed by atoms with E-state index in [1.807, 2.05) is 18.8 Å². The maximum absolute atomic E-state index is 5.38. The molecule has 1 aromatic carbocycles. The molecule has 0 atom stereocenters. The zero-order valence-electron chi connectivity index (χ0n) is 9.74. The number of benzene rings is 1. The molecule has 1 aromatic rings. The van der Waals surface area contributed by atoms with Crippen LogP contribution < -0.4 is 5.32 Å². The Bertz CT molecular complexity index is 323. The summed E-state index contributed by atoms with van der Waals surface area (Å²) in [6.45, 7) is 2.80. The summed E-state index contributed by atoms with van der Waals surface area (Å²) in [6, 6.07) is 8.81. The fraction of sp³-hybridized carbons (Fsp3) is 0.538. The molecule has 0 saturated carbocycles. The van der Waals surface area contributed by atoms with Crippen molar-refractivity contribution >= 4 is 11.8 Å². The number of hydrogen-bond donors (Lipinski definition) is 1. The summed E-state index contributed by atoms with van der Waals surface area (Å²) >= 11 is 2.00. The summed E-state index contributed by atoms with van der Waals surface area (Å²) < 4.78 is 5.38. The molecule has 1 aliphatic rings. The molecule has 2 nitrogen and oxygen atoms in total. The van der Waals surface area contributed by atoms with Gasteiger partial charge in [-0.25, -0.2) is 0 Å². The highest BCUT2D eigenvalue weighted by Gasteiger charge is 2.14. The summed E-state index contributed by atoms with van der Waals surface area (Å²) in [5.74, 6) is 0. The van der Waals surface area contributed by atoms with E-state index in [0.717, 1.165) is 25.0 Å². The van der Waals surface area contributed by atoms with Gasteiger partial charge in [0, 0.05) is 29.9 Å². The molecule has 0 radical (unpaired) electrons. The fourth-order valence-corrected chi connectivity index (χ4v) is 3.11. The van der Waals surface area contributed by atoms with Gasteiger partial charge in [0.15, 0.2) is 0 Å². The Labute approximate surface area is 102 Å². The van der Waals surface area contributed by atoms with Gasteiger partial charge in [0.25, 0.3) is 0 Å². The molecule has 2 rings (SSSR count). The number of ether oxygens (including phenoxy) is 1. The highest BCUT2D eigenvalue weighted by atomic mass is 32.2. The van der Waals surface area contributed by atoms with Gasteiger partial charge in [-0.15, -0.1) is 11.8 Å². The molecule has 0 spiro atoms. The third-order valence-electron chi connectivity index (χ3n) is 2.75. The van der Waals surface area contributed by atoms with Crippen molar-refractivity contribution in [1.82, 2.24) is 5.32 Å². The minimum absolute atomic E-state index is 0.735. The molecule has 1 aliphatic heterocycles. The normalized spacial score (nSPS) is 17.6. The fourth-order valence-electron chi connectivity index (χ4n) is 1.92. The Morgan fingerprint density at radius 2 is 2.19 bits per heavy atom. The van der Waals surface area contributed by atoms with Crippen molar-refractivity contribution in [3.8, 4) is 0 Å². The van der Waals surface area contributed by atoms with E-state index in [4.69, 9.17) is 4.74 Å². The first-order valence-corrected chi connectivity index (χ1v) is 6.74. The molecule has 0 amide bonds. The Morgan fingerprint density at radius 1 is 1.38 bits per heavy atom. The van der Waals surface area contributed by atoms with E-state index in [0.29, 0.717) is 0 Å². The summed E-state index contributed by atoms with van der Waals surface area (Å²) in [6.07, 6.45) is 2.36. The lowest BCUT2D eigenvalue weighted by molar-refractivity contribution is 0.100. The monoisotopic (exact) mass is 237 g/mol. The third-order valence-corrected chi connectivity index (χ3v) is 4.08. The summed E-state index contributed by atoms with van der Waals surface area (Å²) in [7, 11) is 1.98. The molecule has 3 heteroatoms. The van der Waals surface area contributed by atoms with Crippen molar-refractivity contribution in [2.24, 2.45) is 0 Å². The van der Waals surface area contributed by atoms with Crippen LogP contribution in [0.25, 0.3) is 0 Å². The predicted octanol–water partition coefficient (Wildman–Crippen LogP) is 2.68. The number of hydrogen-bond acceptors (Lipinski definition) is 3. The maximum Gasteiger partial charge on any atom is 0.0476 e. The van der Waals surface area contributed by atoms with Crippen LogP contribution in [0.2, 0.25) is 0 Å². The lowest BCUT2D eigenvalue weighted by atomic mass is 10.2. The Kier molecular flexibility index (Phi) is 4.69. The second-order valence-corrected chi connectivity index (χ2v) is 5.48. The zero-order chi connectivity index (χ0) is 11.2. The van der Waals surface area contributed by atoms with Gasteiger partial charge in [-0.2, -0.15) is 0 Å². The summed E-state index contributed by atoms with van der Waals surface area (Å²) in [5.41, 5.74) is 1.36. The van der Waals surface area contributed by atoms with Crippen molar-refractivity contribution in [2.75, 3.05) is 20.3 Å². The van der Waals surface area contributed by atoms with Crippen LogP contribution in [-0.4, -0.2) is 25.5 Å². The summed E-state index contributed by atoms with van der Waals surface area (Å²) in [4.78, 5) is 1.39. The summed E-state index contributed by atoms with van der Waals surface area (Å²) in [5, 5.41) is 3.92. The minimum atomic E-state index is 0.735. The van der Waals surface area contributed by atoms with Crippen molar-refractivity contribution in [2.45, 2.75) is 29.5 Å². The minimum Gasteiger partial charge on any atom is -0.381 e. The van der Waals surface area contributed by atoms with Crippen molar-refractivity contribution < 1.29 is 4.74 Å². The van der Waals surface area contributed by atoms with Crippen LogP contribution in [0.1, 0.15) is 18.4 Å². The number of rotatable bonds is 4. The van der Waals surface area contributed by atoms with Crippen LogP contribution in [0.3, 0.4) is 0 Å². The lowest BCUT2D eigenvalue weighted by Gasteiger charge is -2.21. The largest absolute Gasteiger partial charge is 0.381 e. The van der Waals surface area contributed by atoms with E-state index in [9.17, 15) is 0 Å². The molecule has 88 valence electrons. The second kappa shape index (κ2) is 6.28. The topological polar surface area (TPSA) is 21.3 Å². The van der Waals surface area contributed by atoms with Crippen LogP contribution in [-0.2, 0) is 11.3 Å². The SMILES string of the molecule is CNCc1cccc(SC2CCOCC2)c1. The first-order chi connectivity index (χ1) is 7.88. The van der Waals surface area contributed by atoms with Crippen LogP contribution >= 0.6 is 11.8 Å². The van der Waals surface area contributed by atoms with Gasteiger partial charge >= 0.3 is 0 Å². The molecule has 1 saturated heterocycles. The van der Waals surface area contributed by atoms with Crippen molar-refractivity contribution in [3.05, 3.63) is 29.8 Å². The molecule has 1 heterocycles. The van der Waals surface area contributed by atoms with E-state index >= 15 is 0 Å². The van der Waals surface area contributed by atoms with Gasteiger partial charge in [0.05, 0.1) is 0 Å². The van der Waals surface area contributed by atoms with Crippen LogP contribution in [0.15, 0.2) is 29.2 Å². The highest BCUT2D eigenvalue weighted by molar-refractivity contribution is 8.00. The quantitative estimate of drug-likeness (QED) is 0.870. The molecule has 0 bridgehead atoms. The van der Waals surface area contributed by atoms with Crippen LogP contribution in [0.5, 0.6) is 0 Å². The van der Waals surface area contributed by atoms with Crippen molar-refractivity contribution in [1.29, 1.82) is 0 Å². The average molecular weight is 237 g/mol. The Morgan fingerprint density at radius 3 is 2.94 bits per heavy atom. The van der Waals surface area contributed by atoms with Gasteiger partial charge in [-0.3, -0.25) is 0 Å². The standard InChI is InChI=1S/C13H19NOS/c1-14-10-11-3-2-4-13(9-11)16-12-5-7-15-8-6-12/h2-4,9,12,14H,5-8,10H2,1H3. The van der Waals surface area contributed by atoms with Crippen molar-refractivity contribution in [3.63, 3.8) is 0 Å². The van der Waals surface area contributed by atoms with Gasteiger partial charge < -0.3 is 10.1 Å². The predicted molar refractivity (Wildman–Crippen MR) is 68.9 cm³/mol. The van der Waals surface area contributed by atoms with Gasteiger partial charge in [-0.1, -0.05) is 12.1 Å². The first-order valence-electron chi connectivity index (χ1n) is 5.86. The van der Waals surface area contributed by atoms with Gasteiger partial charge in [-0.05, 0) is 37.6 Å². The molecule has 0 aromatic heterocycles. The van der Waals surface area contributed by atoms with E-state index in [1.54, 1.807) is 0 Å². The van der Waals surface area contributed by atoms with E-state index < -0.39 is 0 Å². The molecular formula is C13H19NOS. The van der Waals surface area contributed by atoms with E-state index in [2.05, 4.69) is 29.6 Å². The smallest absolute Gasteiger partial charge is 0.0476 e.